The second-order valence-electron chi connectivity index (χ2n) is 9.79. The van der Waals surface area contributed by atoms with E-state index < -0.39 is 11.8 Å². The van der Waals surface area contributed by atoms with Gasteiger partial charge in [0.1, 0.15) is 5.70 Å². The van der Waals surface area contributed by atoms with Crippen molar-refractivity contribution < 1.29 is 14.4 Å². The molecule has 10 heteroatoms. The molecular formula is C35H29ClN4O3S2. The quantitative estimate of drug-likeness (QED) is 0.0983. The largest absolute Gasteiger partial charge is 0.321 e. The van der Waals surface area contributed by atoms with Crippen molar-refractivity contribution in [2.45, 2.75) is 23.5 Å². The van der Waals surface area contributed by atoms with Crippen molar-refractivity contribution in [3.05, 3.63) is 136 Å². The number of nitrogens with zero attached hydrogens (tertiary/aromatic N) is 1. The maximum atomic E-state index is 13.5. The summed E-state index contributed by atoms with van der Waals surface area (Å²) in [5, 5.41) is 11.0. The van der Waals surface area contributed by atoms with Gasteiger partial charge in [0, 0.05) is 32.1 Å². The Labute approximate surface area is 274 Å². The number of thioether (sulfide) groups is 1. The zero-order valence-electron chi connectivity index (χ0n) is 24.2. The molecule has 0 bridgehead atoms. The van der Waals surface area contributed by atoms with Crippen LogP contribution in [0.1, 0.15) is 29.3 Å². The molecule has 4 aromatic carbocycles. The molecule has 3 N–H and O–H groups in total. The lowest BCUT2D eigenvalue weighted by Gasteiger charge is -2.15. The number of hydrogen-bond donors (Lipinski definition) is 3. The van der Waals surface area contributed by atoms with E-state index in [0.717, 1.165) is 16.2 Å². The molecule has 0 aliphatic rings. The number of benzene rings is 4. The van der Waals surface area contributed by atoms with Crippen molar-refractivity contribution in [3.63, 3.8) is 0 Å². The first kappa shape index (κ1) is 31.7. The predicted molar refractivity (Wildman–Crippen MR) is 185 cm³/mol. The molecule has 5 rings (SSSR count). The number of hydrogen-bond acceptors (Lipinski definition) is 6. The molecule has 0 saturated heterocycles. The summed E-state index contributed by atoms with van der Waals surface area (Å²) in [7, 11) is 0. The SMILES string of the molecule is CCC(Sc1cccc(NC(=O)/C(=C\c2ccccc2Cl)NC(=O)c2ccccc2)c1)C(=O)Nc1nc(-c2ccccc2)cs1. The van der Waals surface area contributed by atoms with Gasteiger partial charge in [-0.2, -0.15) is 0 Å². The van der Waals surface area contributed by atoms with Gasteiger partial charge in [-0.3, -0.25) is 14.4 Å². The highest BCUT2D eigenvalue weighted by molar-refractivity contribution is 8.00. The number of carbonyl (C=O) groups is 3. The molecule has 0 fully saturated rings. The summed E-state index contributed by atoms with van der Waals surface area (Å²) in [5.74, 6) is -1.11. The van der Waals surface area contributed by atoms with Crippen LogP contribution >= 0.6 is 34.7 Å². The van der Waals surface area contributed by atoms with E-state index in [0.29, 0.717) is 33.4 Å². The summed E-state index contributed by atoms with van der Waals surface area (Å²) in [5.41, 5.74) is 3.31. The Bertz CT molecular complexity index is 1830. The third-order valence-corrected chi connectivity index (χ3v) is 9.03. The van der Waals surface area contributed by atoms with E-state index in [9.17, 15) is 14.4 Å². The minimum atomic E-state index is -0.524. The third-order valence-electron chi connectivity index (χ3n) is 6.57. The van der Waals surface area contributed by atoms with Crippen LogP contribution in [0.4, 0.5) is 10.8 Å². The molecule has 7 nitrogen and oxygen atoms in total. The van der Waals surface area contributed by atoms with Gasteiger partial charge in [-0.05, 0) is 54.5 Å². The molecule has 3 amide bonds. The van der Waals surface area contributed by atoms with E-state index in [-0.39, 0.29) is 16.9 Å². The number of aromatic nitrogens is 1. The maximum Gasteiger partial charge on any atom is 0.272 e. The lowest BCUT2D eigenvalue weighted by Crippen LogP contribution is -2.30. The van der Waals surface area contributed by atoms with Crippen LogP contribution in [0.15, 0.2) is 125 Å². The van der Waals surface area contributed by atoms with Gasteiger partial charge < -0.3 is 16.0 Å². The molecule has 1 unspecified atom stereocenters. The minimum absolute atomic E-state index is 0.0270. The number of nitrogens with one attached hydrogen (secondary N) is 3. The number of amides is 3. The highest BCUT2D eigenvalue weighted by Crippen LogP contribution is 2.30. The summed E-state index contributed by atoms with van der Waals surface area (Å²) in [6, 6.07) is 32.7. The normalized spacial score (nSPS) is 11.8. The van der Waals surface area contributed by atoms with Gasteiger partial charge in [-0.15, -0.1) is 23.1 Å². The summed E-state index contributed by atoms with van der Waals surface area (Å²) in [4.78, 5) is 45.0. The van der Waals surface area contributed by atoms with Crippen LogP contribution in [-0.2, 0) is 9.59 Å². The molecule has 0 saturated carbocycles. The topological polar surface area (TPSA) is 100 Å². The number of carbonyl (C=O) groups excluding carboxylic acids is 3. The third kappa shape index (κ3) is 8.69. The highest BCUT2D eigenvalue weighted by Gasteiger charge is 2.21. The Morgan fingerprint density at radius 2 is 1.60 bits per heavy atom. The van der Waals surface area contributed by atoms with Gasteiger partial charge in [0.2, 0.25) is 5.91 Å². The van der Waals surface area contributed by atoms with Gasteiger partial charge in [-0.25, -0.2) is 4.98 Å². The number of anilines is 2. The highest BCUT2D eigenvalue weighted by atomic mass is 35.5. The maximum absolute atomic E-state index is 13.5. The minimum Gasteiger partial charge on any atom is -0.321 e. The van der Waals surface area contributed by atoms with Gasteiger partial charge in [0.25, 0.3) is 11.8 Å². The first-order valence-corrected chi connectivity index (χ1v) is 16.3. The van der Waals surface area contributed by atoms with E-state index in [1.165, 1.54) is 29.2 Å². The van der Waals surface area contributed by atoms with E-state index in [1.54, 1.807) is 66.7 Å². The predicted octanol–water partition coefficient (Wildman–Crippen LogP) is 8.38. The van der Waals surface area contributed by atoms with E-state index >= 15 is 0 Å². The first-order chi connectivity index (χ1) is 21.9. The van der Waals surface area contributed by atoms with Crippen LogP contribution in [0.2, 0.25) is 5.02 Å². The average molecular weight is 653 g/mol. The van der Waals surface area contributed by atoms with Gasteiger partial charge in [0.15, 0.2) is 5.13 Å². The fourth-order valence-electron chi connectivity index (χ4n) is 4.28. The van der Waals surface area contributed by atoms with Crippen LogP contribution in [-0.4, -0.2) is 28.0 Å². The lowest BCUT2D eigenvalue weighted by atomic mass is 10.1. The molecule has 1 aromatic heterocycles. The number of halogens is 1. The monoisotopic (exact) mass is 652 g/mol. The number of rotatable bonds is 11. The molecule has 226 valence electrons. The Morgan fingerprint density at radius 3 is 2.33 bits per heavy atom. The van der Waals surface area contributed by atoms with Crippen molar-refractivity contribution in [1.29, 1.82) is 0 Å². The zero-order chi connectivity index (χ0) is 31.6. The van der Waals surface area contributed by atoms with Gasteiger partial charge in [0.05, 0.1) is 10.9 Å². The van der Waals surface area contributed by atoms with E-state index in [2.05, 4.69) is 20.9 Å². The Balaban J connectivity index is 1.28. The van der Waals surface area contributed by atoms with Gasteiger partial charge >= 0.3 is 0 Å². The number of thiazole rings is 1. The van der Waals surface area contributed by atoms with E-state index in [4.69, 9.17) is 11.6 Å². The van der Waals surface area contributed by atoms with Gasteiger partial charge in [-0.1, -0.05) is 91.3 Å². The average Bonchev–Trinajstić information content (AvgIpc) is 3.53. The molecule has 0 aliphatic carbocycles. The Morgan fingerprint density at radius 1 is 0.889 bits per heavy atom. The summed E-state index contributed by atoms with van der Waals surface area (Å²) in [6.45, 7) is 1.95. The van der Waals surface area contributed by atoms with Crippen molar-refractivity contribution in [2.24, 2.45) is 0 Å². The lowest BCUT2D eigenvalue weighted by molar-refractivity contribution is -0.116. The summed E-state index contributed by atoms with van der Waals surface area (Å²) in [6.07, 6.45) is 2.12. The molecule has 1 atom stereocenters. The van der Waals surface area contributed by atoms with Crippen LogP contribution in [0.5, 0.6) is 0 Å². The molecule has 5 aromatic rings. The van der Waals surface area contributed by atoms with Crippen molar-refractivity contribution >= 4 is 69.3 Å². The molecule has 45 heavy (non-hydrogen) atoms. The van der Waals surface area contributed by atoms with Crippen LogP contribution in [0.3, 0.4) is 0 Å². The fraction of sp³-hybridized carbons (Fsp3) is 0.0857. The summed E-state index contributed by atoms with van der Waals surface area (Å²) >= 11 is 9.12. The molecule has 1 heterocycles. The second-order valence-corrected chi connectivity index (χ2v) is 12.3. The van der Waals surface area contributed by atoms with Crippen LogP contribution < -0.4 is 16.0 Å². The Kier molecular flexibility index (Phi) is 10.8. The summed E-state index contributed by atoms with van der Waals surface area (Å²) < 4.78 is 0. The fourth-order valence-corrected chi connectivity index (χ4v) is 6.21. The zero-order valence-corrected chi connectivity index (χ0v) is 26.6. The van der Waals surface area contributed by atoms with Crippen LogP contribution in [0, 0.1) is 0 Å². The first-order valence-electron chi connectivity index (χ1n) is 14.1. The van der Waals surface area contributed by atoms with Crippen molar-refractivity contribution in [1.82, 2.24) is 10.3 Å². The molecule has 0 radical (unpaired) electrons. The van der Waals surface area contributed by atoms with E-state index in [1.807, 2.05) is 54.8 Å². The standard InChI is InChI=1S/C35H29ClN4O3S2/c1-2-31(34(43)40-35-39-30(22-44-35)23-12-5-3-6-13-23)45-27-18-11-17-26(21-27)37-33(42)29(20-25-16-9-10-19-28(25)36)38-32(41)24-14-7-4-8-15-24/h3-22,31H,2H2,1H3,(H,37,42)(H,38,41)(H,39,40,43)/b29-20+. The Hall–Kier alpha value is -4.70. The van der Waals surface area contributed by atoms with Crippen molar-refractivity contribution in [3.8, 4) is 11.3 Å². The molecule has 0 spiro atoms. The second kappa shape index (κ2) is 15.3. The molecular weight excluding hydrogens is 624 g/mol. The smallest absolute Gasteiger partial charge is 0.272 e. The van der Waals surface area contributed by atoms with Crippen LogP contribution in [0.25, 0.3) is 17.3 Å². The van der Waals surface area contributed by atoms with Crippen molar-refractivity contribution in [2.75, 3.05) is 10.6 Å². The molecule has 0 aliphatic heterocycles.